The topological polar surface area (TPSA) is 20.3 Å². The Morgan fingerprint density at radius 3 is 2.55 bits per heavy atom. The lowest BCUT2D eigenvalue weighted by atomic mass is 10.1. The van der Waals surface area contributed by atoms with Crippen molar-refractivity contribution < 1.29 is 18.0 Å². The second-order valence-electron chi connectivity index (χ2n) is 6.38. The molecule has 0 aromatic heterocycles. The van der Waals surface area contributed by atoms with Crippen molar-refractivity contribution in [2.45, 2.75) is 51.7 Å². The van der Waals surface area contributed by atoms with E-state index in [0.717, 1.165) is 31.4 Å². The van der Waals surface area contributed by atoms with Gasteiger partial charge in [0.25, 0.3) is 0 Å². The Morgan fingerprint density at radius 1 is 1.32 bits per heavy atom. The second-order valence-corrected chi connectivity index (χ2v) is 6.38. The van der Waals surface area contributed by atoms with Gasteiger partial charge < -0.3 is 4.90 Å². The number of halogens is 3. The van der Waals surface area contributed by atoms with Gasteiger partial charge in [0.15, 0.2) is 0 Å². The first-order chi connectivity index (χ1) is 10.3. The lowest BCUT2D eigenvalue weighted by Crippen LogP contribution is -2.35. The van der Waals surface area contributed by atoms with Crippen LogP contribution in [0.2, 0.25) is 0 Å². The van der Waals surface area contributed by atoms with Crippen molar-refractivity contribution in [3.05, 3.63) is 35.4 Å². The molecule has 1 saturated carbocycles. The van der Waals surface area contributed by atoms with Crippen LogP contribution in [0.4, 0.5) is 13.2 Å². The molecule has 0 saturated heterocycles. The molecule has 0 radical (unpaired) electrons. The van der Waals surface area contributed by atoms with E-state index in [9.17, 15) is 18.0 Å². The maximum atomic E-state index is 12.7. The molecule has 22 heavy (non-hydrogen) atoms. The van der Waals surface area contributed by atoms with Gasteiger partial charge in [0.2, 0.25) is 5.91 Å². The molecule has 1 aliphatic carbocycles. The molecule has 122 valence electrons. The number of nitrogens with zero attached hydrogens (tertiary/aromatic N) is 1. The Morgan fingerprint density at radius 2 is 2.00 bits per heavy atom. The van der Waals surface area contributed by atoms with E-state index in [4.69, 9.17) is 0 Å². The van der Waals surface area contributed by atoms with E-state index in [1.807, 2.05) is 4.90 Å². The van der Waals surface area contributed by atoms with Crippen molar-refractivity contribution in [2.75, 3.05) is 6.54 Å². The van der Waals surface area contributed by atoms with Crippen molar-refractivity contribution in [3.8, 4) is 0 Å². The third-order valence-electron chi connectivity index (χ3n) is 3.87. The summed E-state index contributed by atoms with van der Waals surface area (Å²) in [6.45, 7) is 4.89. The Balaban J connectivity index is 2.03. The van der Waals surface area contributed by atoms with Crippen LogP contribution in [0.3, 0.4) is 0 Å². The highest BCUT2D eigenvalue weighted by atomic mass is 19.4. The van der Waals surface area contributed by atoms with Crippen LogP contribution in [0.15, 0.2) is 24.3 Å². The Hall–Kier alpha value is -1.52. The van der Waals surface area contributed by atoms with Gasteiger partial charge in [-0.25, -0.2) is 0 Å². The summed E-state index contributed by atoms with van der Waals surface area (Å²) >= 11 is 0. The molecule has 5 heteroatoms. The minimum absolute atomic E-state index is 0.0402. The fraction of sp³-hybridized carbons (Fsp3) is 0.588. The summed E-state index contributed by atoms with van der Waals surface area (Å²) in [5.74, 6) is 0.435. The Labute approximate surface area is 129 Å². The molecule has 0 unspecified atom stereocenters. The molecule has 1 aliphatic rings. The van der Waals surface area contributed by atoms with Crippen LogP contribution in [-0.2, 0) is 17.4 Å². The van der Waals surface area contributed by atoms with Crippen LogP contribution in [0.5, 0.6) is 0 Å². The molecule has 1 amide bonds. The van der Waals surface area contributed by atoms with Gasteiger partial charge in [-0.15, -0.1) is 0 Å². The quantitative estimate of drug-likeness (QED) is 0.767. The van der Waals surface area contributed by atoms with Gasteiger partial charge in [-0.2, -0.15) is 13.2 Å². The predicted octanol–water partition coefficient (Wildman–Crippen LogP) is 4.29. The molecule has 0 atom stereocenters. The molecule has 0 aliphatic heterocycles. The molecule has 1 aromatic rings. The van der Waals surface area contributed by atoms with Crippen LogP contribution in [0, 0.1) is 5.92 Å². The Bertz CT molecular complexity index is 521. The summed E-state index contributed by atoms with van der Waals surface area (Å²) in [5.41, 5.74) is -0.270. The highest BCUT2D eigenvalue weighted by Crippen LogP contribution is 2.31. The highest BCUT2D eigenvalue weighted by molar-refractivity contribution is 5.79. The molecule has 0 heterocycles. The largest absolute Gasteiger partial charge is 0.416 e. The molecular weight excluding hydrogens is 291 g/mol. The van der Waals surface area contributed by atoms with Gasteiger partial charge in [0.05, 0.1) is 12.0 Å². The maximum Gasteiger partial charge on any atom is 0.416 e. The molecule has 1 aromatic carbocycles. The van der Waals surface area contributed by atoms with Gasteiger partial charge >= 0.3 is 6.18 Å². The summed E-state index contributed by atoms with van der Waals surface area (Å²) in [6, 6.07) is 5.34. The van der Waals surface area contributed by atoms with Crippen molar-refractivity contribution in [2.24, 2.45) is 5.92 Å². The van der Waals surface area contributed by atoms with Gasteiger partial charge in [0, 0.05) is 12.6 Å². The predicted molar refractivity (Wildman–Crippen MR) is 79.3 cm³/mol. The molecule has 0 N–H and O–H groups in total. The number of rotatable bonds is 6. The summed E-state index contributed by atoms with van der Waals surface area (Å²) in [4.78, 5) is 14.3. The van der Waals surface area contributed by atoms with Crippen LogP contribution >= 0.6 is 0 Å². The van der Waals surface area contributed by atoms with Crippen molar-refractivity contribution in [1.29, 1.82) is 0 Å². The number of carbonyl (C=O) groups is 1. The Kier molecular flexibility index (Phi) is 5.14. The zero-order valence-corrected chi connectivity index (χ0v) is 13.0. The van der Waals surface area contributed by atoms with Crippen LogP contribution in [-0.4, -0.2) is 23.4 Å². The van der Waals surface area contributed by atoms with E-state index in [1.54, 1.807) is 6.07 Å². The minimum atomic E-state index is -4.37. The minimum Gasteiger partial charge on any atom is -0.339 e. The average Bonchev–Trinajstić information content (AvgIpc) is 3.22. The van der Waals surface area contributed by atoms with Crippen molar-refractivity contribution >= 4 is 5.91 Å². The molecule has 2 nitrogen and oxygen atoms in total. The lowest BCUT2D eigenvalue weighted by molar-refractivity contribution is -0.138. The molecule has 0 spiro atoms. The average molecular weight is 313 g/mol. The standard InChI is InChI=1S/C17H22F3NO/c1-12(2)8-9-21(15-6-7-15)16(22)11-13-4-3-5-14(10-13)17(18,19)20/h3-5,10,12,15H,6-9,11H2,1-2H3. The van der Waals surface area contributed by atoms with E-state index < -0.39 is 11.7 Å². The van der Waals surface area contributed by atoms with Gasteiger partial charge in [-0.3, -0.25) is 4.79 Å². The molecular formula is C17H22F3NO. The number of alkyl halides is 3. The number of carbonyl (C=O) groups excluding carboxylic acids is 1. The van der Waals surface area contributed by atoms with E-state index in [0.29, 0.717) is 18.0 Å². The third kappa shape index (κ3) is 4.75. The lowest BCUT2D eigenvalue weighted by Gasteiger charge is -2.23. The normalized spacial score (nSPS) is 15.2. The van der Waals surface area contributed by atoms with Crippen LogP contribution < -0.4 is 0 Å². The summed E-state index contributed by atoms with van der Waals surface area (Å²) in [7, 11) is 0. The van der Waals surface area contributed by atoms with Gasteiger partial charge in [0.1, 0.15) is 0 Å². The van der Waals surface area contributed by atoms with E-state index >= 15 is 0 Å². The fourth-order valence-electron chi connectivity index (χ4n) is 2.43. The zero-order chi connectivity index (χ0) is 16.3. The first-order valence-corrected chi connectivity index (χ1v) is 7.73. The monoisotopic (exact) mass is 313 g/mol. The van der Waals surface area contributed by atoms with Crippen LogP contribution in [0.25, 0.3) is 0 Å². The SMILES string of the molecule is CC(C)CCN(C(=O)Cc1cccc(C(F)(F)F)c1)C1CC1. The smallest absolute Gasteiger partial charge is 0.339 e. The van der Waals surface area contributed by atoms with Crippen LogP contribution in [0.1, 0.15) is 44.2 Å². The summed E-state index contributed by atoms with van der Waals surface area (Å²) < 4.78 is 38.1. The molecule has 2 rings (SSSR count). The summed E-state index contributed by atoms with van der Waals surface area (Å²) in [5, 5.41) is 0. The van der Waals surface area contributed by atoms with Gasteiger partial charge in [-0.1, -0.05) is 32.0 Å². The van der Waals surface area contributed by atoms with E-state index in [-0.39, 0.29) is 18.4 Å². The zero-order valence-electron chi connectivity index (χ0n) is 13.0. The molecule has 1 fully saturated rings. The first kappa shape index (κ1) is 16.8. The third-order valence-corrected chi connectivity index (χ3v) is 3.87. The first-order valence-electron chi connectivity index (χ1n) is 7.73. The molecule has 0 bridgehead atoms. The van der Waals surface area contributed by atoms with E-state index in [1.165, 1.54) is 6.07 Å². The van der Waals surface area contributed by atoms with E-state index in [2.05, 4.69) is 13.8 Å². The van der Waals surface area contributed by atoms with Gasteiger partial charge in [-0.05, 0) is 36.8 Å². The van der Waals surface area contributed by atoms with Crippen molar-refractivity contribution in [3.63, 3.8) is 0 Å². The second kappa shape index (κ2) is 6.71. The van der Waals surface area contributed by atoms with Crippen molar-refractivity contribution in [1.82, 2.24) is 4.90 Å². The number of benzene rings is 1. The summed E-state index contributed by atoms with van der Waals surface area (Å²) in [6.07, 6.45) is -1.39. The highest BCUT2D eigenvalue weighted by Gasteiger charge is 2.33. The maximum absolute atomic E-state index is 12.7. The number of amides is 1. The fourth-order valence-corrected chi connectivity index (χ4v) is 2.43. The number of hydrogen-bond donors (Lipinski definition) is 0. The number of hydrogen-bond acceptors (Lipinski definition) is 1.